The van der Waals surface area contributed by atoms with Gasteiger partial charge in [-0.1, -0.05) is 79.6 Å². The normalized spacial score (nSPS) is 16.9. The smallest absolute Gasteiger partial charge is 0.306 e. The number of hydrazone groups is 1. The molecule has 1 heterocycles. The molecule has 0 saturated heterocycles. The van der Waals surface area contributed by atoms with Crippen molar-refractivity contribution in [3.05, 3.63) is 101 Å². The van der Waals surface area contributed by atoms with E-state index in [1.165, 1.54) is 5.01 Å². The summed E-state index contributed by atoms with van der Waals surface area (Å²) in [6.45, 7) is 5.17. The number of fused-ring (bicyclic) bond motifs is 1. The molecule has 8 nitrogen and oxygen atoms in total. The molecule has 2 amide bonds. The molecule has 3 aromatic carbocycles. The van der Waals surface area contributed by atoms with Crippen molar-refractivity contribution >= 4 is 35.0 Å². The van der Waals surface area contributed by atoms with Crippen molar-refractivity contribution in [2.45, 2.75) is 77.2 Å². The topological polar surface area (TPSA) is 105 Å². The largest absolute Gasteiger partial charge is 0.460 e. The van der Waals surface area contributed by atoms with Gasteiger partial charge in [-0.15, -0.1) is 0 Å². The van der Waals surface area contributed by atoms with Crippen molar-refractivity contribution < 1.29 is 23.9 Å². The molecule has 3 aromatic rings. The standard InChI is InChI=1S/C37H41N3O5/c1-37(2,3)45-34(43)21-20-25-12-11-17-28(22-25)38-33(42)24-40-36(44)31(23-32(41)26-13-7-8-14-26)29-18-9-10-19-30(29)35(39-40)27-15-5-4-6-16-27/h4-6,9-12,15-19,22,26,31H,7-8,13-14,20-21,23-24H2,1-3H3,(H,38,42). The van der Waals surface area contributed by atoms with Crippen LogP contribution in [0.15, 0.2) is 84.0 Å². The van der Waals surface area contributed by atoms with Gasteiger partial charge in [0.1, 0.15) is 17.9 Å². The van der Waals surface area contributed by atoms with Crippen molar-refractivity contribution in [3.63, 3.8) is 0 Å². The first kappa shape index (κ1) is 31.8. The lowest BCUT2D eigenvalue weighted by molar-refractivity contribution is -0.154. The van der Waals surface area contributed by atoms with Crippen LogP contribution >= 0.6 is 0 Å². The highest BCUT2D eigenvalue weighted by Crippen LogP contribution is 2.35. The fourth-order valence-corrected chi connectivity index (χ4v) is 6.07. The Morgan fingerprint density at radius 3 is 2.38 bits per heavy atom. The monoisotopic (exact) mass is 607 g/mol. The molecule has 1 saturated carbocycles. The Kier molecular flexibility index (Phi) is 9.91. The first-order valence-electron chi connectivity index (χ1n) is 15.8. The lowest BCUT2D eigenvalue weighted by Crippen LogP contribution is -2.37. The molecule has 0 aromatic heterocycles. The molecule has 1 N–H and O–H groups in total. The first-order valence-corrected chi connectivity index (χ1v) is 15.8. The molecule has 1 fully saturated rings. The maximum atomic E-state index is 14.2. The van der Waals surface area contributed by atoms with Crippen LogP contribution in [0.2, 0.25) is 0 Å². The Bertz CT molecular complexity index is 1580. The molecule has 0 bridgehead atoms. The third kappa shape index (κ3) is 8.32. The van der Waals surface area contributed by atoms with Crippen LogP contribution in [0.1, 0.15) is 87.5 Å². The highest BCUT2D eigenvalue weighted by molar-refractivity contribution is 6.16. The summed E-state index contributed by atoms with van der Waals surface area (Å²) in [5.74, 6) is -1.76. The van der Waals surface area contributed by atoms with Crippen LogP contribution < -0.4 is 5.32 Å². The number of benzene rings is 3. The molecule has 45 heavy (non-hydrogen) atoms. The number of nitrogens with one attached hydrogen (secondary N) is 1. The van der Waals surface area contributed by atoms with E-state index in [4.69, 9.17) is 9.84 Å². The summed E-state index contributed by atoms with van der Waals surface area (Å²) in [5, 5.41) is 8.88. The number of hydrogen-bond acceptors (Lipinski definition) is 6. The SMILES string of the molecule is CC(C)(C)OC(=O)CCc1cccc(NC(=O)CN2N=C(c3ccccc3)c3ccccc3C(CC(=O)C3CCCC3)C2=O)c1. The number of carbonyl (C=O) groups is 4. The molecule has 234 valence electrons. The average Bonchev–Trinajstić information content (AvgIpc) is 3.53. The first-order chi connectivity index (χ1) is 21.6. The van der Waals surface area contributed by atoms with Crippen LogP contribution in [0.4, 0.5) is 5.69 Å². The summed E-state index contributed by atoms with van der Waals surface area (Å²) >= 11 is 0. The number of esters is 1. The highest BCUT2D eigenvalue weighted by atomic mass is 16.6. The van der Waals surface area contributed by atoms with Gasteiger partial charge in [0.25, 0.3) is 5.91 Å². The number of aryl methyl sites for hydroxylation is 1. The second-order valence-corrected chi connectivity index (χ2v) is 12.8. The van der Waals surface area contributed by atoms with Gasteiger partial charge in [0.15, 0.2) is 0 Å². The van der Waals surface area contributed by atoms with Crippen LogP contribution in [0, 0.1) is 5.92 Å². The van der Waals surface area contributed by atoms with E-state index in [0.717, 1.165) is 47.9 Å². The third-order valence-corrected chi connectivity index (χ3v) is 8.17. The van der Waals surface area contributed by atoms with Crippen LogP contribution in [-0.4, -0.2) is 46.4 Å². The molecular formula is C37H41N3O5. The van der Waals surface area contributed by atoms with Crippen molar-refractivity contribution in [2.75, 3.05) is 11.9 Å². The summed E-state index contributed by atoms with van der Waals surface area (Å²) in [5.41, 5.74) is 3.78. The van der Waals surface area contributed by atoms with Gasteiger partial charge in [0, 0.05) is 35.6 Å². The van der Waals surface area contributed by atoms with E-state index in [2.05, 4.69) is 5.32 Å². The van der Waals surface area contributed by atoms with Gasteiger partial charge < -0.3 is 10.1 Å². The van der Waals surface area contributed by atoms with Gasteiger partial charge in [-0.3, -0.25) is 19.2 Å². The summed E-state index contributed by atoms with van der Waals surface area (Å²) < 4.78 is 5.40. The Hall–Kier alpha value is -4.59. The highest BCUT2D eigenvalue weighted by Gasteiger charge is 2.37. The fourth-order valence-electron chi connectivity index (χ4n) is 6.07. The Labute approximate surface area is 264 Å². The number of ketones is 1. The maximum absolute atomic E-state index is 14.2. The summed E-state index contributed by atoms with van der Waals surface area (Å²) in [4.78, 5) is 53.2. The second-order valence-electron chi connectivity index (χ2n) is 12.8. The van der Waals surface area contributed by atoms with Crippen molar-refractivity contribution in [3.8, 4) is 0 Å². The predicted molar refractivity (Wildman–Crippen MR) is 174 cm³/mol. The van der Waals surface area contributed by atoms with Gasteiger partial charge in [0.2, 0.25) is 5.91 Å². The molecule has 5 rings (SSSR count). The molecule has 0 spiro atoms. The average molecular weight is 608 g/mol. The summed E-state index contributed by atoms with van der Waals surface area (Å²) in [6, 6.07) is 24.4. The predicted octanol–water partition coefficient (Wildman–Crippen LogP) is 6.43. The van der Waals surface area contributed by atoms with E-state index >= 15 is 0 Å². The number of nitrogens with zero attached hydrogens (tertiary/aromatic N) is 2. The van der Waals surface area contributed by atoms with Gasteiger partial charge in [-0.2, -0.15) is 5.10 Å². The van der Waals surface area contributed by atoms with E-state index < -0.39 is 17.4 Å². The van der Waals surface area contributed by atoms with Crippen LogP contribution in [0.5, 0.6) is 0 Å². The van der Waals surface area contributed by atoms with Gasteiger partial charge in [-0.25, -0.2) is 5.01 Å². The quantitative estimate of drug-likeness (QED) is 0.268. The molecule has 1 unspecified atom stereocenters. The summed E-state index contributed by atoms with van der Waals surface area (Å²) in [6.07, 6.45) is 4.53. The van der Waals surface area contributed by atoms with E-state index in [-0.39, 0.29) is 43.0 Å². The fraction of sp³-hybridized carbons (Fsp3) is 0.378. The van der Waals surface area contributed by atoms with Crippen molar-refractivity contribution in [2.24, 2.45) is 11.0 Å². The summed E-state index contributed by atoms with van der Waals surface area (Å²) in [7, 11) is 0. The van der Waals surface area contributed by atoms with Crippen LogP contribution in [0.3, 0.4) is 0 Å². The number of rotatable bonds is 10. The lowest BCUT2D eigenvalue weighted by atomic mass is 9.84. The maximum Gasteiger partial charge on any atom is 0.306 e. The minimum atomic E-state index is -0.747. The van der Waals surface area contributed by atoms with E-state index in [9.17, 15) is 19.2 Å². The molecular weight excluding hydrogens is 566 g/mol. The number of carbonyl (C=O) groups excluding carboxylic acids is 4. The number of anilines is 1. The lowest BCUT2D eigenvalue weighted by Gasteiger charge is -2.22. The van der Waals surface area contributed by atoms with Gasteiger partial charge in [0.05, 0.1) is 11.6 Å². The van der Waals surface area contributed by atoms with Crippen molar-refractivity contribution in [1.82, 2.24) is 5.01 Å². The van der Waals surface area contributed by atoms with Crippen LogP contribution in [0.25, 0.3) is 0 Å². The molecule has 1 aliphatic heterocycles. The molecule has 0 radical (unpaired) electrons. The zero-order chi connectivity index (χ0) is 32.0. The van der Waals surface area contributed by atoms with E-state index in [0.29, 0.717) is 17.8 Å². The van der Waals surface area contributed by atoms with Crippen LogP contribution in [-0.2, 0) is 30.3 Å². The van der Waals surface area contributed by atoms with Gasteiger partial charge >= 0.3 is 5.97 Å². The number of hydrogen-bond donors (Lipinski definition) is 1. The molecule has 8 heteroatoms. The van der Waals surface area contributed by atoms with Gasteiger partial charge in [-0.05, 0) is 63.3 Å². The number of ether oxygens (including phenoxy) is 1. The molecule has 2 aliphatic rings. The Morgan fingerprint density at radius 2 is 1.64 bits per heavy atom. The zero-order valence-electron chi connectivity index (χ0n) is 26.3. The zero-order valence-corrected chi connectivity index (χ0v) is 26.3. The molecule has 1 aliphatic carbocycles. The molecule has 1 atom stereocenters. The Balaban J connectivity index is 1.38. The Morgan fingerprint density at radius 1 is 0.933 bits per heavy atom. The number of Topliss-reactive ketones (excluding diaryl/α,β-unsaturated/α-hetero) is 1. The second kappa shape index (κ2) is 14.0. The van der Waals surface area contributed by atoms with E-state index in [1.807, 2.05) is 93.6 Å². The van der Waals surface area contributed by atoms with E-state index in [1.54, 1.807) is 6.07 Å². The third-order valence-electron chi connectivity index (χ3n) is 8.17. The van der Waals surface area contributed by atoms with Crippen molar-refractivity contribution in [1.29, 1.82) is 0 Å². The minimum absolute atomic E-state index is 0.0259. The number of amides is 2. The minimum Gasteiger partial charge on any atom is -0.460 e.